The maximum Gasteiger partial charge on any atom is 0.341 e. The molecule has 0 aliphatic rings. The summed E-state index contributed by atoms with van der Waals surface area (Å²) in [6.45, 7) is -0.424. The Morgan fingerprint density at radius 2 is 2.26 bits per heavy atom. The summed E-state index contributed by atoms with van der Waals surface area (Å²) in [6, 6.07) is 6.53. The van der Waals surface area contributed by atoms with E-state index in [0.29, 0.717) is 16.3 Å². The first-order valence-corrected chi connectivity index (χ1v) is 6.17. The number of hydrogen-bond donors (Lipinski definition) is 2. The number of aromatic nitrogens is 1. The number of carboxylic acid groups (broad SMARTS) is 1. The van der Waals surface area contributed by atoms with Gasteiger partial charge in [0.1, 0.15) is 10.6 Å². The van der Waals surface area contributed by atoms with Crippen LogP contribution in [-0.4, -0.2) is 28.6 Å². The molecule has 19 heavy (non-hydrogen) atoms. The Morgan fingerprint density at radius 1 is 1.42 bits per heavy atom. The van der Waals surface area contributed by atoms with Gasteiger partial charge >= 0.3 is 5.97 Å². The summed E-state index contributed by atoms with van der Waals surface area (Å²) in [6.07, 6.45) is 1.48. The summed E-state index contributed by atoms with van der Waals surface area (Å²) < 4.78 is 5.02. The number of nitrogens with one attached hydrogen (secondary N) is 1. The van der Waals surface area contributed by atoms with Gasteiger partial charge in [-0.25, -0.2) is 4.79 Å². The highest BCUT2D eigenvalue weighted by molar-refractivity contribution is 7.11. The quantitative estimate of drug-likeness (QED) is 0.871. The maximum atomic E-state index is 11.8. The molecular weight excluding hydrogens is 268 g/mol. The highest BCUT2D eigenvalue weighted by Crippen LogP contribution is 2.18. The fourth-order valence-corrected chi connectivity index (χ4v) is 1.84. The Morgan fingerprint density at radius 3 is 2.95 bits per heavy atom. The molecule has 0 atom stereocenters. The van der Waals surface area contributed by atoms with Crippen molar-refractivity contribution in [3.63, 3.8) is 0 Å². The summed E-state index contributed by atoms with van der Waals surface area (Å²) in [5.74, 6) is -0.943. The van der Waals surface area contributed by atoms with Gasteiger partial charge in [-0.05, 0) is 12.1 Å². The Bertz CT molecular complexity index is 583. The number of ether oxygens (including phenoxy) is 1. The lowest BCUT2D eigenvalue weighted by atomic mass is 10.3. The van der Waals surface area contributed by atoms with Crippen LogP contribution in [0.4, 0.5) is 5.69 Å². The number of carboxylic acids is 1. The molecule has 7 heteroatoms. The first-order chi connectivity index (χ1) is 9.15. The predicted molar refractivity (Wildman–Crippen MR) is 69.6 cm³/mol. The number of anilines is 1. The summed E-state index contributed by atoms with van der Waals surface area (Å²) in [7, 11) is 0. The molecule has 1 amide bonds. The minimum atomic E-state index is -1.06. The van der Waals surface area contributed by atoms with Crippen LogP contribution in [0.2, 0.25) is 0 Å². The number of thiazole rings is 1. The van der Waals surface area contributed by atoms with Crippen LogP contribution in [0.1, 0.15) is 9.67 Å². The maximum absolute atomic E-state index is 11.8. The van der Waals surface area contributed by atoms with Gasteiger partial charge in [-0.3, -0.25) is 9.78 Å². The fourth-order valence-electron chi connectivity index (χ4n) is 1.33. The number of amides is 1. The van der Waals surface area contributed by atoms with Gasteiger partial charge in [0.05, 0.1) is 11.7 Å². The zero-order chi connectivity index (χ0) is 13.7. The molecule has 0 unspecified atom stereocenters. The summed E-state index contributed by atoms with van der Waals surface area (Å²) in [4.78, 5) is 26.5. The molecule has 1 aromatic heterocycles. The third kappa shape index (κ3) is 3.78. The number of hydrogen-bond acceptors (Lipinski definition) is 5. The van der Waals surface area contributed by atoms with Gasteiger partial charge < -0.3 is 15.2 Å². The fraction of sp³-hybridized carbons (Fsp3) is 0.0833. The van der Waals surface area contributed by atoms with E-state index >= 15 is 0 Å². The van der Waals surface area contributed by atoms with Crippen molar-refractivity contribution >= 4 is 28.9 Å². The molecule has 0 aliphatic heterocycles. The second kappa shape index (κ2) is 5.96. The van der Waals surface area contributed by atoms with Crippen molar-refractivity contribution < 1.29 is 19.4 Å². The monoisotopic (exact) mass is 278 g/mol. The van der Waals surface area contributed by atoms with Crippen LogP contribution in [0.3, 0.4) is 0 Å². The molecule has 0 saturated carbocycles. The number of rotatable bonds is 5. The second-order valence-electron chi connectivity index (χ2n) is 3.53. The van der Waals surface area contributed by atoms with Crippen molar-refractivity contribution in [1.29, 1.82) is 0 Å². The lowest BCUT2D eigenvalue weighted by Gasteiger charge is -2.07. The van der Waals surface area contributed by atoms with E-state index in [1.54, 1.807) is 29.8 Å². The van der Waals surface area contributed by atoms with Crippen molar-refractivity contribution in [2.24, 2.45) is 0 Å². The number of aliphatic carboxylic acids is 1. The normalized spacial score (nSPS) is 9.89. The Hall–Kier alpha value is -2.41. The lowest BCUT2D eigenvalue weighted by Crippen LogP contribution is -2.11. The van der Waals surface area contributed by atoms with Crippen molar-refractivity contribution in [3.05, 3.63) is 40.8 Å². The molecule has 2 rings (SSSR count). The van der Waals surface area contributed by atoms with Gasteiger partial charge in [-0.2, -0.15) is 0 Å². The molecule has 0 aliphatic carbocycles. The highest BCUT2D eigenvalue weighted by atomic mass is 32.1. The zero-order valence-corrected chi connectivity index (χ0v) is 10.5. The smallest absolute Gasteiger partial charge is 0.341 e. The molecule has 0 radical (unpaired) electrons. The number of carbonyl (C=O) groups is 2. The summed E-state index contributed by atoms with van der Waals surface area (Å²) in [5.41, 5.74) is 2.10. The van der Waals surface area contributed by atoms with Gasteiger partial charge in [0.25, 0.3) is 5.91 Å². The number of carbonyl (C=O) groups excluding carboxylic acids is 1. The molecule has 0 bridgehead atoms. The first-order valence-electron chi connectivity index (χ1n) is 5.29. The second-order valence-corrected chi connectivity index (χ2v) is 4.42. The molecule has 1 heterocycles. The van der Waals surface area contributed by atoms with Gasteiger partial charge in [-0.15, -0.1) is 11.3 Å². The summed E-state index contributed by atoms with van der Waals surface area (Å²) in [5, 5.41) is 11.2. The van der Waals surface area contributed by atoms with Crippen LogP contribution in [-0.2, 0) is 4.79 Å². The molecule has 2 aromatic rings. The number of nitrogens with zero attached hydrogens (tertiary/aromatic N) is 1. The van der Waals surface area contributed by atoms with E-state index in [1.165, 1.54) is 17.5 Å². The molecule has 6 nitrogen and oxygen atoms in total. The first kappa shape index (κ1) is 13.0. The Labute approximate surface area is 112 Å². The number of benzene rings is 1. The topological polar surface area (TPSA) is 88.5 Å². The minimum absolute atomic E-state index is 0.266. The van der Waals surface area contributed by atoms with Crippen molar-refractivity contribution in [2.75, 3.05) is 11.9 Å². The average Bonchev–Trinajstić information content (AvgIpc) is 2.91. The molecule has 1 aromatic carbocycles. The largest absolute Gasteiger partial charge is 0.482 e. The molecule has 98 valence electrons. The molecule has 0 spiro atoms. The molecule has 0 fully saturated rings. The Balaban J connectivity index is 2.02. The van der Waals surface area contributed by atoms with Gasteiger partial charge in [0.2, 0.25) is 0 Å². The van der Waals surface area contributed by atoms with E-state index in [0.717, 1.165) is 0 Å². The van der Waals surface area contributed by atoms with Gasteiger partial charge in [0.15, 0.2) is 6.61 Å². The standard InChI is InChI=1S/C12H10N2O4S/c15-11(16)6-18-9-3-1-2-8(4-9)14-12(17)10-5-13-7-19-10/h1-5,7H,6H2,(H,14,17)(H,15,16). The molecular formula is C12H10N2O4S. The molecule has 0 saturated heterocycles. The summed E-state index contributed by atoms with van der Waals surface area (Å²) >= 11 is 1.24. The van der Waals surface area contributed by atoms with Crippen LogP contribution in [0.15, 0.2) is 36.0 Å². The predicted octanol–water partition coefficient (Wildman–Crippen LogP) is 1.86. The van der Waals surface area contributed by atoms with Crippen LogP contribution in [0.25, 0.3) is 0 Å². The van der Waals surface area contributed by atoms with E-state index in [4.69, 9.17) is 9.84 Å². The van der Waals surface area contributed by atoms with Gasteiger partial charge in [0, 0.05) is 11.8 Å². The van der Waals surface area contributed by atoms with Crippen molar-refractivity contribution in [2.45, 2.75) is 0 Å². The Kier molecular flexibility index (Phi) is 4.09. The third-order valence-corrected chi connectivity index (χ3v) is 2.88. The van der Waals surface area contributed by atoms with E-state index in [9.17, 15) is 9.59 Å². The molecule has 2 N–H and O–H groups in total. The zero-order valence-electron chi connectivity index (χ0n) is 9.70. The van der Waals surface area contributed by atoms with E-state index in [-0.39, 0.29) is 5.91 Å². The minimum Gasteiger partial charge on any atom is -0.482 e. The van der Waals surface area contributed by atoms with Crippen LogP contribution < -0.4 is 10.1 Å². The highest BCUT2D eigenvalue weighted by Gasteiger charge is 2.08. The average molecular weight is 278 g/mol. The lowest BCUT2D eigenvalue weighted by molar-refractivity contribution is -0.139. The van der Waals surface area contributed by atoms with E-state index in [1.807, 2.05) is 0 Å². The third-order valence-electron chi connectivity index (χ3n) is 2.11. The van der Waals surface area contributed by atoms with E-state index < -0.39 is 12.6 Å². The van der Waals surface area contributed by atoms with Gasteiger partial charge in [-0.1, -0.05) is 6.07 Å². The van der Waals surface area contributed by atoms with Crippen LogP contribution in [0.5, 0.6) is 5.75 Å². The van der Waals surface area contributed by atoms with E-state index in [2.05, 4.69) is 10.3 Å². The van der Waals surface area contributed by atoms with Crippen molar-refractivity contribution in [1.82, 2.24) is 4.98 Å². The van der Waals surface area contributed by atoms with Crippen LogP contribution in [0, 0.1) is 0 Å². The van der Waals surface area contributed by atoms with Crippen molar-refractivity contribution in [3.8, 4) is 5.75 Å². The SMILES string of the molecule is O=C(O)COc1cccc(NC(=O)c2cncs2)c1. The van der Waals surface area contributed by atoms with Crippen LogP contribution >= 0.6 is 11.3 Å².